The molecule has 1 aliphatic heterocycles. The van der Waals surface area contributed by atoms with Gasteiger partial charge in [0, 0.05) is 5.56 Å². The predicted molar refractivity (Wildman–Crippen MR) is 114 cm³/mol. The molecule has 0 N–H and O–H groups in total. The molecule has 1 heterocycles. The minimum Gasteiger partial charge on any atom is -0.459 e. The summed E-state index contributed by atoms with van der Waals surface area (Å²) in [6.07, 6.45) is -1.21. The van der Waals surface area contributed by atoms with E-state index in [1.807, 2.05) is 78.9 Å². The maximum atomic E-state index is 12.8. The molecule has 0 radical (unpaired) electrons. The van der Waals surface area contributed by atoms with Gasteiger partial charge >= 0.3 is 11.9 Å². The Balaban J connectivity index is 1.48. The second-order valence-electron chi connectivity index (χ2n) is 6.97. The van der Waals surface area contributed by atoms with Gasteiger partial charge in [-0.05, 0) is 23.3 Å². The van der Waals surface area contributed by atoms with Crippen molar-refractivity contribution in [2.24, 2.45) is 4.99 Å². The molecule has 1 aliphatic rings. The summed E-state index contributed by atoms with van der Waals surface area (Å²) in [5.74, 6) is -1.10. The maximum absolute atomic E-state index is 12.8. The Morgan fingerprint density at radius 2 is 1.19 bits per heavy atom. The first-order chi connectivity index (χ1) is 15.2. The molecule has 156 valence electrons. The first-order valence-corrected chi connectivity index (χ1v) is 9.92. The fourth-order valence-electron chi connectivity index (χ4n) is 3.11. The van der Waals surface area contributed by atoms with Crippen LogP contribution in [0.5, 0.6) is 0 Å². The van der Waals surface area contributed by atoms with Gasteiger partial charge in [-0.25, -0.2) is 14.6 Å². The third-order valence-electron chi connectivity index (χ3n) is 4.72. The number of benzene rings is 3. The van der Waals surface area contributed by atoms with E-state index in [1.54, 1.807) is 12.1 Å². The van der Waals surface area contributed by atoms with E-state index in [1.165, 1.54) is 0 Å². The van der Waals surface area contributed by atoms with Crippen LogP contribution in [-0.2, 0) is 37.0 Å². The monoisotopic (exact) mass is 415 g/mol. The molecule has 0 aromatic heterocycles. The van der Waals surface area contributed by atoms with Gasteiger partial charge in [0.2, 0.25) is 12.0 Å². The van der Waals surface area contributed by atoms with Gasteiger partial charge in [-0.15, -0.1) is 0 Å². The van der Waals surface area contributed by atoms with Crippen molar-refractivity contribution in [2.75, 3.05) is 0 Å². The van der Waals surface area contributed by atoms with Crippen LogP contribution in [0.25, 0.3) is 0 Å². The standard InChI is InChI=1S/C25H21NO5/c27-24(29-16-18-10-4-1-5-11-18)21-22(25(28)30-17-19-12-6-2-7-13-19)31-23(26-21)20-14-8-3-9-15-20/h1-15,21-22H,16-17H2/t21-,22-/m0/s1. The highest BCUT2D eigenvalue weighted by atomic mass is 16.6. The molecule has 6 heteroatoms. The number of carbonyl (C=O) groups is 2. The van der Waals surface area contributed by atoms with Gasteiger partial charge in [-0.1, -0.05) is 78.9 Å². The number of hydrogen-bond acceptors (Lipinski definition) is 6. The van der Waals surface area contributed by atoms with Gasteiger partial charge < -0.3 is 14.2 Å². The quantitative estimate of drug-likeness (QED) is 0.550. The van der Waals surface area contributed by atoms with E-state index in [0.29, 0.717) is 5.56 Å². The predicted octanol–water partition coefficient (Wildman–Crippen LogP) is 3.69. The van der Waals surface area contributed by atoms with Crippen LogP contribution in [0.4, 0.5) is 0 Å². The van der Waals surface area contributed by atoms with Crippen LogP contribution in [-0.4, -0.2) is 30.0 Å². The lowest BCUT2D eigenvalue weighted by Crippen LogP contribution is -2.39. The summed E-state index contributed by atoms with van der Waals surface area (Å²) in [5, 5.41) is 0. The molecule has 0 unspecified atom stereocenters. The molecule has 31 heavy (non-hydrogen) atoms. The third kappa shape index (κ3) is 5.17. The van der Waals surface area contributed by atoms with E-state index in [9.17, 15) is 9.59 Å². The molecule has 0 bridgehead atoms. The van der Waals surface area contributed by atoms with Crippen molar-refractivity contribution in [3.05, 3.63) is 108 Å². The summed E-state index contributed by atoms with van der Waals surface area (Å²) in [6.45, 7) is 0.157. The van der Waals surface area contributed by atoms with Crippen molar-refractivity contribution in [2.45, 2.75) is 25.4 Å². The zero-order valence-corrected chi connectivity index (χ0v) is 16.7. The van der Waals surface area contributed by atoms with Crippen LogP contribution in [0.2, 0.25) is 0 Å². The average Bonchev–Trinajstić information content (AvgIpc) is 3.29. The van der Waals surface area contributed by atoms with Gasteiger partial charge in [0.05, 0.1) is 0 Å². The lowest BCUT2D eigenvalue weighted by atomic mass is 10.1. The topological polar surface area (TPSA) is 74.2 Å². The van der Waals surface area contributed by atoms with Gasteiger partial charge in [-0.3, -0.25) is 0 Å². The molecule has 4 rings (SSSR count). The van der Waals surface area contributed by atoms with Crippen LogP contribution < -0.4 is 0 Å². The van der Waals surface area contributed by atoms with Gasteiger partial charge in [-0.2, -0.15) is 0 Å². The van der Waals surface area contributed by atoms with Crippen LogP contribution in [0.1, 0.15) is 16.7 Å². The third-order valence-corrected chi connectivity index (χ3v) is 4.72. The van der Waals surface area contributed by atoms with Crippen LogP contribution in [0.15, 0.2) is 96.0 Å². The van der Waals surface area contributed by atoms with E-state index in [-0.39, 0.29) is 19.1 Å². The molecular weight excluding hydrogens is 394 g/mol. The zero-order chi connectivity index (χ0) is 21.5. The van der Waals surface area contributed by atoms with Crippen LogP contribution >= 0.6 is 0 Å². The van der Waals surface area contributed by atoms with Gasteiger partial charge in [0.1, 0.15) is 13.2 Å². The molecular formula is C25H21NO5. The van der Waals surface area contributed by atoms with E-state index in [2.05, 4.69) is 4.99 Å². The minimum atomic E-state index is -1.21. The number of esters is 2. The average molecular weight is 415 g/mol. The summed E-state index contributed by atoms with van der Waals surface area (Å²) in [7, 11) is 0. The highest BCUT2D eigenvalue weighted by Crippen LogP contribution is 2.22. The molecule has 0 fully saturated rings. The number of hydrogen-bond donors (Lipinski definition) is 0. The fraction of sp³-hybridized carbons (Fsp3) is 0.160. The number of ether oxygens (including phenoxy) is 3. The van der Waals surface area contributed by atoms with Crippen molar-refractivity contribution >= 4 is 17.8 Å². The molecule has 0 saturated heterocycles. The van der Waals surface area contributed by atoms with Crippen LogP contribution in [0, 0.1) is 0 Å². The second kappa shape index (κ2) is 9.71. The number of rotatable bonds is 7. The molecule has 3 aromatic carbocycles. The Bertz CT molecular complexity index is 1050. The summed E-state index contributed by atoms with van der Waals surface area (Å²) >= 11 is 0. The first-order valence-electron chi connectivity index (χ1n) is 9.92. The van der Waals surface area contributed by atoms with Crippen molar-refractivity contribution < 1.29 is 23.8 Å². The molecule has 0 spiro atoms. The van der Waals surface area contributed by atoms with Crippen molar-refractivity contribution in [1.29, 1.82) is 0 Å². The van der Waals surface area contributed by atoms with E-state index >= 15 is 0 Å². The van der Waals surface area contributed by atoms with Crippen LogP contribution in [0.3, 0.4) is 0 Å². The highest BCUT2D eigenvalue weighted by molar-refractivity contribution is 6.01. The second-order valence-corrected chi connectivity index (χ2v) is 6.97. The lowest BCUT2D eigenvalue weighted by Gasteiger charge is -2.16. The highest BCUT2D eigenvalue weighted by Gasteiger charge is 2.44. The van der Waals surface area contributed by atoms with Crippen molar-refractivity contribution in [3.63, 3.8) is 0 Å². The normalized spacial score (nSPS) is 17.4. The maximum Gasteiger partial charge on any atom is 0.350 e. The summed E-state index contributed by atoms with van der Waals surface area (Å²) in [6, 6.07) is 26.5. The first kappa shape index (κ1) is 20.3. The molecule has 0 aliphatic carbocycles. The molecule has 0 saturated carbocycles. The van der Waals surface area contributed by atoms with Crippen molar-refractivity contribution in [1.82, 2.24) is 0 Å². The Hall–Kier alpha value is -3.93. The van der Waals surface area contributed by atoms with Gasteiger partial charge in [0.25, 0.3) is 0 Å². The summed E-state index contributed by atoms with van der Waals surface area (Å²) < 4.78 is 16.6. The largest absolute Gasteiger partial charge is 0.459 e. The fourth-order valence-corrected chi connectivity index (χ4v) is 3.11. The Morgan fingerprint density at radius 3 is 1.74 bits per heavy atom. The summed E-state index contributed by atoms with van der Waals surface area (Å²) in [4.78, 5) is 29.9. The molecule has 2 atom stereocenters. The van der Waals surface area contributed by atoms with E-state index in [4.69, 9.17) is 14.2 Å². The SMILES string of the molecule is O=C(OCc1ccccc1)[C@H]1N=C(c2ccccc2)O[C@@H]1C(=O)OCc1ccccc1. The zero-order valence-electron chi connectivity index (χ0n) is 16.7. The number of carbonyl (C=O) groups excluding carboxylic acids is 2. The Morgan fingerprint density at radius 1 is 0.710 bits per heavy atom. The lowest BCUT2D eigenvalue weighted by molar-refractivity contribution is -0.160. The minimum absolute atomic E-state index is 0.0754. The Kier molecular flexibility index (Phi) is 6.38. The number of aliphatic imine (C=N–C) groups is 1. The van der Waals surface area contributed by atoms with Crippen molar-refractivity contribution in [3.8, 4) is 0 Å². The summed E-state index contributed by atoms with van der Waals surface area (Å²) in [5.41, 5.74) is 2.34. The molecule has 3 aromatic rings. The van der Waals surface area contributed by atoms with E-state index < -0.39 is 24.1 Å². The Labute approximate surface area is 180 Å². The van der Waals surface area contributed by atoms with Gasteiger partial charge in [0.15, 0.2) is 6.04 Å². The molecule has 0 amide bonds. The number of nitrogens with zero attached hydrogens (tertiary/aromatic N) is 1. The smallest absolute Gasteiger partial charge is 0.350 e. The van der Waals surface area contributed by atoms with E-state index in [0.717, 1.165) is 11.1 Å². The molecule has 6 nitrogen and oxygen atoms in total.